The van der Waals surface area contributed by atoms with Gasteiger partial charge in [0.15, 0.2) is 0 Å². The molecule has 0 saturated heterocycles. The molecule has 0 rings (SSSR count). The molecular weight excluding hydrogens is 348 g/mol. The second-order valence-electron chi connectivity index (χ2n) is 9.16. The van der Waals surface area contributed by atoms with Gasteiger partial charge in [-0.2, -0.15) is 0 Å². The van der Waals surface area contributed by atoms with Gasteiger partial charge in [0.1, 0.15) is 6.10 Å². The Kier molecular flexibility index (Phi) is 17.4. The Morgan fingerprint density at radius 2 is 1.25 bits per heavy atom. The molecule has 0 spiro atoms. The minimum atomic E-state index is -0.532. The van der Waals surface area contributed by atoms with Gasteiger partial charge < -0.3 is 9.47 Å². The highest BCUT2D eigenvalue weighted by Gasteiger charge is 2.24. The fourth-order valence-electron chi connectivity index (χ4n) is 2.86. The van der Waals surface area contributed by atoms with Gasteiger partial charge in [0.25, 0.3) is 0 Å². The molecule has 0 aromatic carbocycles. The quantitative estimate of drug-likeness (QED) is 0.140. The molecular formula is C25H48O3. The molecule has 3 nitrogen and oxygen atoms in total. The van der Waals surface area contributed by atoms with Gasteiger partial charge in [0.05, 0.1) is 6.61 Å². The molecule has 28 heavy (non-hydrogen) atoms. The number of rotatable bonds is 17. The summed E-state index contributed by atoms with van der Waals surface area (Å²) in [6.45, 7) is 10.8. The number of carbonyl (C=O) groups is 1. The number of hydrogen-bond acceptors (Lipinski definition) is 3. The summed E-state index contributed by atoms with van der Waals surface area (Å²) in [6.07, 6.45) is 22.0. The molecule has 0 bridgehead atoms. The van der Waals surface area contributed by atoms with E-state index in [2.05, 4.69) is 39.8 Å². The summed E-state index contributed by atoms with van der Waals surface area (Å²) < 4.78 is 10.4. The average molecular weight is 397 g/mol. The van der Waals surface area contributed by atoms with Crippen LogP contribution in [0, 0.1) is 5.41 Å². The van der Waals surface area contributed by atoms with Gasteiger partial charge in [-0.25, -0.2) is 4.79 Å². The third kappa shape index (κ3) is 18.4. The van der Waals surface area contributed by atoms with E-state index in [1.54, 1.807) is 0 Å². The van der Waals surface area contributed by atoms with Gasteiger partial charge in [-0.1, -0.05) is 97.6 Å². The van der Waals surface area contributed by atoms with Gasteiger partial charge in [-0.15, -0.1) is 0 Å². The third-order valence-electron chi connectivity index (χ3n) is 5.37. The van der Waals surface area contributed by atoms with Crippen LogP contribution in [0.1, 0.15) is 125 Å². The lowest BCUT2D eigenvalue weighted by Gasteiger charge is -2.26. The van der Waals surface area contributed by atoms with Gasteiger partial charge >= 0.3 is 6.16 Å². The lowest BCUT2D eigenvalue weighted by molar-refractivity contribution is -0.00897. The van der Waals surface area contributed by atoms with Crippen LogP contribution >= 0.6 is 0 Å². The molecule has 1 atom stereocenters. The highest BCUT2D eigenvalue weighted by molar-refractivity contribution is 5.60. The van der Waals surface area contributed by atoms with Crippen molar-refractivity contribution in [2.24, 2.45) is 5.41 Å². The first kappa shape index (κ1) is 27.0. The predicted octanol–water partition coefficient (Wildman–Crippen LogP) is 8.61. The molecule has 0 saturated carbocycles. The Labute approximate surface area is 175 Å². The van der Waals surface area contributed by atoms with Crippen LogP contribution in [0.2, 0.25) is 0 Å². The standard InChI is InChI=1S/C25H48O3/c1-6-7-8-9-10-11-12-13-14-15-16-17-18-19-20-21-22-27-24(26)28-23(2)25(3,4)5/h13-14,23H,6-12,15-22H2,1-5H3/b14-13+. The van der Waals surface area contributed by atoms with Crippen LogP contribution in [0.3, 0.4) is 0 Å². The lowest BCUT2D eigenvalue weighted by Crippen LogP contribution is -2.29. The number of allylic oxidation sites excluding steroid dienone is 2. The molecule has 0 aromatic heterocycles. The normalized spacial score (nSPS) is 13.0. The van der Waals surface area contributed by atoms with Crippen LogP contribution in [-0.4, -0.2) is 18.9 Å². The molecule has 1 unspecified atom stereocenters. The van der Waals surface area contributed by atoms with Gasteiger partial charge in [-0.05, 0) is 44.4 Å². The Morgan fingerprint density at radius 1 is 0.786 bits per heavy atom. The van der Waals surface area contributed by atoms with Crippen LogP contribution in [0.5, 0.6) is 0 Å². The van der Waals surface area contributed by atoms with Crippen molar-refractivity contribution in [3.63, 3.8) is 0 Å². The molecule has 0 aliphatic rings. The van der Waals surface area contributed by atoms with E-state index < -0.39 is 6.16 Å². The van der Waals surface area contributed by atoms with Crippen LogP contribution < -0.4 is 0 Å². The van der Waals surface area contributed by atoms with Gasteiger partial charge in [0, 0.05) is 0 Å². The van der Waals surface area contributed by atoms with E-state index in [-0.39, 0.29) is 11.5 Å². The minimum Gasteiger partial charge on any atom is -0.434 e. The van der Waals surface area contributed by atoms with E-state index in [9.17, 15) is 4.79 Å². The molecule has 0 fully saturated rings. The minimum absolute atomic E-state index is 0.0531. The van der Waals surface area contributed by atoms with Crippen molar-refractivity contribution in [1.29, 1.82) is 0 Å². The van der Waals surface area contributed by atoms with Crippen molar-refractivity contribution < 1.29 is 14.3 Å². The first-order valence-electron chi connectivity index (χ1n) is 11.9. The van der Waals surface area contributed by atoms with Crippen molar-refractivity contribution in [2.75, 3.05) is 6.61 Å². The number of carbonyl (C=O) groups excluding carboxylic acids is 1. The zero-order valence-corrected chi connectivity index (χ0v) is 19.6. The zero-order chi connectivity index (χ0) is 21.1. The van der Waals surface area contributed by atoms with Gasteiger partial charge in [-0.3, -0.25) is 0 Å². The van der Waals surface area contributed by atoms with E-state index in [0.29, 0.717) is 6.61 Å². The maximum absolute atomic E-state index is 11.6. The smallest absolute Gasteiger partial charge is 0.434 e. The topological polar surface area (TPSA) is 35.5 Å². The number of unbranched alkanes of at least 4 members (excludes halogenated alkanes) is 12. The highest BCUT2D eigenvalue weighted by Crippen LogP contribution is 2.22. The van der Waals surface area contributed by atoms with Crippen molar-refractivity contribution in [1.82, 2.24) is 0 Å². The zero-order valence-electron chi connectivity index (χ0n) is 19.6. The molecule has 0 aliphatic heterocycles. The Balaban J connectivity index is 3.31. The van der Waals surface area contributed by atoms with Crippen LogP contribution in [-0.2, 0) is 9.47 Å². The maximum atomic E-state index is 11.6. The number of hydrogen-bond donors (Lipinski definition) is 0. The molecule has 0 aliphatic carbocycles. The Morgan fingerprint density at radius 3 is 1.75 bits per heavy atom. The lowest BCUT2D eigenvalue weighted by atomic mass is 9.90. The average Bonchev–Trinajstić information content (AvgIpc) is 2.63. The Hall–Kier alpha value is -0.990. The molecule has 0 N–H and O–H groups in total. The molecule has 166 valence electrons. The van der Waals surface area contributed by atoms with E-state index >= 15 is 0 Å². The van der Waals surface area contributed by atoms with Crippen molar-refractivity contribution in [3.05, 3.63) is 12.2 Å². The third-order valence-corrected chi connectivity index (χ3v) is 5.37. The summed E-state index contributed by atoms with van der Waals surface area (Å²) in [5.41, 5.74) is -0.0531. The summed E-state index contributed by atoms with van der Waals surface area (Å²) >= 11 is 0. The summed E-state index contributed by atoms with van der Waals surface area (Å²) in [6, 6.07) is 0. The molecule has 0 amide bonds. The van der Waals surface area contributed by atoms with Crippen molar-refractivity contribution >= 4 is 6.16 Å². The molecule has 0 radical (unpaired) electrons. The summed E-state index contributed by atoms with van der Waals surface area (Å²) in [5, 5.41) is 0. The predicted molar refractivity (Wildman–Crippen MR) is 121 cm³/mol. The second-order valence-corrected chi connectivity index (χ2v) is 9.16. The Bertz CT molecular complexity index is 382. The second kappa shape index (κ2) is 18.1. The maximum Gasteiger partial charge on any atom is 0.508 e. The fraction of sp³-hybridized carbons (Fsp3) is 0.880. The summed E-state index contributed by atoms with van der Waals surface area (Å²) in [4.78, 5) is 11.6. The first-order valence-corrected chi connectivity index (χ1v) is 11.9. The monoisotopic (exact) mass is 396 g/mol. The largest absolute Gasteiger partial charge is 0.508 e. The first-order chi connectivity index (χ1) is 13.4. The van der Waals surface area contributed by atoms with Crippen molar-refractivity contribution in [3.8, 4) is 0 Å². The molecule has 0 heterocycles. The van der Waals surface area contributed by atoms with Crippen LogP contribution in [0.25, 0.3) is 0 Å². The summed E-state index contributed by atoms with van der Waals surface area (Å²) in [5.74, 6) is 0. The SMILES string of the molecule is CCCCCCCC/C=C/CCCCCCCCOC(=O)OC(C)C(C)(C)C. The summed E-state index contributed by atoms with van der Waals surface area (Å²) in [7, 11) is 0. The molecule has 3 heteroatoms. The number of ether oxygens (including phenoxy) is 2. The fourth-order valence-corrected chi connectivity index (χ4v) is 2.86. The van der Waals surface area contributed by atoms with E-state index in [1.807, 2.05) is 6.92 Å². The van der Waals surface area contributed by atoms with Gasteiger partial charge in [0.2, 0.25) is 0 Å². The van der Waals surface area contributed by atoms with Crippen LogP contribution in [0.15, 0.2) is 12.2 Å². The van der Waals surface area contributed by atoms with E-state index in [1.165, 1.54) is 77.0 Å². The molecule has 0 aromatic rings. The highest BCUT2D eigenvalue weighted by atomic mass is 16.7. The van der Waals surface area contributed by atoms with Crippen molar-refractivity contribution in [2.45, 2.75) is 131 Å². The van der Waals surface area contributed by atoms with Crippen LogP contribution in [0.4, 0.5) is 4.79 Å². The van der Waals surface area contributed by atoms with E-state index in [0.717, 1.165) is 12.8 Å². The van der Waals surface area contributed by atoms with E-state index in [4.69, 9.17) is 9.47 Å².